The summed E-state index contributed by atoms with van der Waals surface area (Å²) in [5.41, 5.74) is 4.58. The molecule has 3 N–H and O–H groups in total. The fraction of sp³-hybridized carbons (Fsp3) is 0.818. The lowest BCUT2D eigenvalue weighted by molar-refractivity contribution is 0.367. The SMILES string of the molecule is CCC(C)(/N=N/C(C)(C)C)NC(=S)NNC(=S)OC. The average molecular weight is 305 g/mol. The minimum atomic E-state index is -0.562. The van der Waals surface area contributed by atoms with Crippen molar-refractivity contribution in [2.24, 2.45) is 10.2 Å². The maximum absolute atomic E-state index is 5.14. The van der Waals surface area contributed by atoms with Crippen LogP contribution < -0.4 is 16.2 Å². The highest BCUT2D eigenvalue weighted by molar-refractivity contribution is 7.80. The maximum atomic E-state index is 5.14. The highest BCUT2D eigenvalue weighted by Gasteiger charge is 2.23. The fourth-order valence-corrected chi connectivity index (χ4v) is 1.20. The number of ether oxygens (including phenoxy) is 1. The van der Waals surface area contributed by atoms with Crippen LogP contribution in [0, 0.1) is 0 Å². The minimum Gasteiger partial charge on any atom is -0.473 e. The molecule has 19 heavy (non-hydrogen) atoms. The zero-order valence-electron chi connectivity index (χ0n) is 12.3. The summed E-state index contributed by atoms with van der Waals surface area (Å²) in [4.78, 5) is 0. The van der Waals surface area contributed by atoms with Gasteiger partial charge >= 0.3 is 0 Å². The van der Waals surface area contributed by atoms with Gasteiger partial charge in [-0.15, -0.1) is 0 Å². The van der Waals surface area contributed by atoms with Crippen molar-refractivity contribution in [2.75, 3.05) is 7.11 Å². The first-order valence-corrected chi connectivity index (χ1v) is 6.79. The molecule has 0 aromatic carbocycles. The zero-order valence-corrected chi connectivity index (χ0v) is 14.0. The van der Waals surface area contributed by atoms with Crippen molar-refractivity contribution in [3.8, 4) is 0 Å². The van der Waals surface area contributed by atoms with E-state index in [4.69, 9.17) is 29.2 Å². The van der Waals surface area contributed by atoms with Crippen molar-refractivity contribution in [1.29, 1.82) is 0 Å². The fourth-order valence-electron chi connectivity index (χ4n) is 0.879. The largest absolute Gasteiger partial charge is 0.473 e. The number of azo groups is 1. The van der Waals surface area contributed by atoms with Crippen LogP contribution in [0.5, 0.6) is 0 Å². The maximum Gasteiger partial charge on any atom is 0.275 e. The van der Waals surface area contributed by atoms with Gasteiger partial charge in [-0.3, -0.25) is 10.9 Å². The van der Waals surface area contributed by atoms with E-state index < -0.39 is 5.66 Å². The number of nitrogens with zero attached hydrogens (tertiary/aromatic N) is 2. The summed E-state index contributed by atoms with van der Waals surface area (Å²) in [6.07, 6.45) is 0.739. The Morgan fingerprint density at radius 2 is 1.68 bits per heavy atom. The topological polar surface area (TPSA) is 70.0 Å². The van der Waals surface area contributed by atoms with Crippen molar-refractivity contribution in [2.45, 2.75) is 52.2 Å². The second-order valence-corrected chi connectivity index (χ2v) is 5.97. The number of methoxy groups -OCH3 is 1. The molecule has 0 aliphatic rings. The number of nitrogens with one attached hydrogen (secondary N) is 3. The Morgan fingerprint density at radius 3 is 2.11 bits per heavy atom. The second-order valence-electron chi connectivity index (χ2n) is 5.19. The van der Waals surface area contributed by atoms with Crippen molar-refractivity contribution >= 4 is 34.7 Å². The molecule has 110 valence electrons. The van der Waals surface area contributed by atoms with Crippen LogP contribution in [0.15, 0.2) is 10.2 Å². The van der Waals surface area contributed by atoms with Crippen LogP contribution >= 0.6 is 24.4 Å². The Kier molecular flexibility index (Phi) is 7.14. The quantitative estimate of drug-likeness (QED) is 0.422. The van der Waals surface area contributed by atoms with Crippen LogP contribution in [0.4, 0.5) is 0 Å². The molecule has 0 spiro atoms. The highest BCUT2D eigenvalue weighted by atomic mass is 32.1. The molecule has 1 unspecified atom stereocenters. The van der Waals surface area contributed by atoms with E-state index in [1.165, 1.54) is 7.11 Å². The Balaban J connectivity index is 4.49. The lowest BCUT2D eigenvalue weighted by Crippen LogP contribution is -2.53. The van der Waals surface area contributed by atoms with Gasteiger partial charge in [0, 0.05) is 0 Å². The van der Waals surface area contributed by atoms with Crippen LogP contribution in [0.25, 0.3) is 0 Å². The summed E-state index contributed by atoms with van der Waals surface area (Å²) < 4.78 is 4.78. The third-order valence-electron chi connectivity index (χ3n) is 2.11. The van der Waals surface area contributed by atoms with E-state index in [2.05, 4.69) is 26.4 Å². The lowest BCUT2D eigenvalue weighted by Gasteiger charge is -2.27. The predicted molar refractivity (Wildman–Crippen MR) is 84.9 cm³/mol. The molecule has 0 radical (unpaired) electrons. The summed E-state index contributed by atoms with van der Waals surface area (Å²) in [5.74, 6) is 0. The first-order chi connectivity index (χ1) is 8.62. The zero-order chi connectivity index (χ0) is 15.1. The molecule has 0 amide bonds. The first kappa shape index (κ1) is 18.0. The summed E-state index contributed by atoms with van der Waals surface area (Å²) in [6.45, 7) is 9.89. The molecular formula is C11H23N5OS2. The van der Waals surface area contributed by atoms with Gasteiger partial charge in [-0.25, -0.2) is 0 Å². The molecular weight excluding hydrogens is 282 g/mol. The van der Waals surface area contributed by atoms with Crippen LogP contribution in [0.2, 0.25) is 0 Å². The highest BCUT2D eigenvalue weighted by Crippen LogP contribution is 2.16. The van der Waals surface area contributed by atoms with Crippen molar-refractivity contribution in [1.82, 2.24) is 16.2 Å². The van der Waals surface area contributed by atoms with Crippen molar-refractivity contribution in [3.63, 3.8) is 0 Å². The molecule has 0 rings (SSSR count). The first-order valence-electron chi connectivity index (χ1n) is 5.98. The molecule has 0 aliphatic carbocycles. The molecule has 0 heterocycles. The number of hydrogen-bond acceptors (Lipinski definition) is 5. The van der Waals surface area contributed by atoms with Crippen molar-refractivity contribution < 1.29 is 4.74 Å². The van der Waals surface area contributed by atoms with Gasteiger partial charge in [-0.05, 0) is 58.6 Å². The van der Waals surface area contributed by atoms with E-state index in [9.17, 15) is 0 Å². The summed E-state index contributed by atoms with van der Waals surface area (Å²) in [6, 6.07) is 0. The van der Waals surface area contributed by atoms with Gasteiger partial charge in [0.15, 0.2) is 5.11 Å². The molecule has 0 aromatic rings. The molecule has 8 heteroatoms. The number of hydrazine groups is 1. The molecule has 0 fully saturated rings. The van der Waals surface area contributed by atoms with Gasteiger partial charge in [-0.2, -0.15) is 10.2 Å². The Labute approximate surface area is 125 Å². The Bertz CT molecular complexity index is 353. The second kappa shape index (κ2) is 7.54. The normalized spacial score (nSPS) is 14.6. The number of hydrogen-bond donors (Lipinski definition) is 3. The third-order valence-corrected chi connectivity index (χ3v) is 2.58. The van der Waals surface area contributed by atoms with E-state index in [1.54, 1.807) is 0 Å². The Hall–Kier alpha value is -1.02. The molecule has 1 atom stereocenters. The molecule has 0 bridgehead atoms. The number of thiocarbonyl (C=S) groups is 2. The number of rotatable bonds is 3. The molecule has 6 nitrogen and oxygen atoms in total. The van der Waals surface area contributed by atoms with Crippen LogP contribution in [0.3, 0.4) is 0 Å². The van der Waals surface area contributed by atoms with Gasteiger partial charge in [0.25, 0.3) is 5.17 Å². The van der Waals surface area contributed by atoms with Gasteiger partial charge < -0.3 is 10.1 Å². The minimum absolute atomic E-state index is 0.207. The van der Waals surface area contributed by atoms with E-state index >= 15 is 0 Å². The summed E-state index contributed by atoms with van der Waals surface area (Å²) in [7, 11) is 1.47. The van der Waals surface area contributed by atoms with E-state index in [1.807, 2.05) is 34.6 Å². The predicted octanol–water partition coefficient (Wildman–Crippen LogP) is 2.26. The van der Waals surface area contributed by atoms with Gasteiger partial charge in [0.2, 0.25) is 0 Å². The van der Waals surface area contributed by atoms with E-state index in [0.717, 1.165) is 6.42 Å². The van der Waals surface area contributed by atoms with E-state index in [0.29, 0.717) is 5.11 Å². The van der Waals surface area contributed by atoms with Crippen LogP contribution in [0.1, 0.15) is 41.0 Å². The standard InChI is InChI=1S/C11H23N5OS2/c1-7-11(5,16-15-10(2,3)4)12-8(18)13-14-9(19)17-6/h7H2,1-6H3,(H,14,19)(H2,12,13,18)/b16-15+. The lowest BCUT2D eigenvalue weighted by atomic mass is 10.1. The van der Waals surface area contributed by atoms with E-state index in [-0.39, 0.29) is 10.7 Å². The van der Waals surface area contributed by atoms with Crippen molar-refractivity contribution in [3.05, 3.63) is 0 Å². The summed E-state index contributed by atoms with van der Waals surface area (Å²) in [5, 5.41) is 12.3. The molecule has 0 aromatic heterocycles. The molecule has 0 saturated carbocycles. The van der Waals surface area contributed by atoms with Gasteiger partial charge in [-0.1, -0.05) is 6.92 Å². The molecule has 0 aliphatic heterocycles. The smallest absolute Gasteiger partial charge is 0.275 e. The molecule has 0 saturated heterocycles. The average Bonchev–Trinajstić information content (AvgIpc) is 2.32. The Morgan fingerprint density at radius 1 is 1.11 bits per heavy atom. The van der Waals surface area contributed by atoms with Crippen LogP contribution in [-0.4, -0.2) is 28.6 Å². The summed E-state index contributed by atoms with van der Waals surface area (Å²) >= 11 is 9.96. The monoisotopic (exact) mass is 305 g/mol. The third kappa shape index (κ3) is 8.66. The van der Waals surface area contributed by atoms with Crippen LogP contribution in [-0.2, 0) is 4.74 Å². The van der Waals surface area contributed by atoms with Gasteiger partial charge in [0.1, 0.15) is 5.66 Å². The van der Waals surface area contributed by atoms with Gasteiger partial charge in [0.05, 0.1) is 12.6 Å².